The minimum atomic E-state index is 0.463. The molecule has 1 heterocycles. The van der Waals surface area contributed by atoms with Crippen molar-refractivity contribution in [3.63, 3.8) is 0 Å². The molecule has 0 amide bonds. The van der Waals surface area contributed by atoms with Gasteiger partial charge in [0.2, 0.25) is 0 Å². The van der Waals surface area contributed by atoms with Crippen molar-refractivity contribution in [2.75, 3.05) is 6.54 Å². The van der Waals surface area contributed by atoms with E-state index in [1.54, 1.807) is 0 Å². The fraction of sp³-hybridized carbons (Fsp3) is 0.571. The highest BCUT2D eigenvalue weighted by Crippen LogP contribution is 2.10. The first-order valence-corrected chi connectivity index (χ1v) is 6.24. The molecule has 0 fully saturated rings. The van der Waals surface area contributed by atoms with E-state index in [1.165, 1.54) is 17.6 Å². The molecule has 1 atom stereocenters. The predicted molar refractivity (Wildman–Crippen MR) is 71.5 cm³/mol. The summed E-state index contributed by atoms with van der Waals surface area (Å²) in [6.07, 6.45) is 7.77. The van der Waals surface area contributed by atoms with Gasteiger partial charge in [-0.3, -0.25) is 0 Å². The molecule has 0 bridgehead atoms. The van der Waals surface area contributed by atoms with E-state index < -0.39 is 0 Å². The van der Waals surface area contributed by atoms with Gasteiger partial charge in [-0.15, -0.1) is 0 Å². The number of rotatable bonds is 6. The lowest BCUT2D eigenvalue weighted by Crippen LogP contribution is -2.27. The van der Waals surface area contributed by atoms with E-state index in [0.29, 0.717) is 6.04 Å². The van der Waals surface area contributed by atoms with Gasteiger partial charge in [0.1, 0.15) is 0 Å². The number of aromatic nitrogens is 1. The molecule has 0 saturated carbocycles. The van der Waals surface area contributed by atoms with Gasteiger partial charge in [0.25, 0.3) is 0 Å². The summed E-state index contributed by atoms with van der Waals surface area (Å²) in [7, 11) is 0. The van der Waals surface area contributed by atoms with Crippen molar-refractivity contribution in [1.82, 2.24) is 9.88 Å². The first-order chi connectivity index (χ1) is 7.67. The van der Waals surface area contributed by atoms with Crippen LogP contribution in [0.2, 0.25) is 0 Å². The third kappa shape index (κ3) is 3.86. The standard InChI is InChI=1S/C14H24N2/c1-5-8-15-13(4)12(3)10-14-7-9-16(6-2)11-14/h7,9-11,13,15H,5-6,8H2,1-4H3/b12-10+. The molecule has 2 heteroatoms. The second-order valence-corrected chi connectivity index (χ2v) is 4.34. The highest BCUT2D eigenvalue weighted by molar-refractivity contribution is 5.52. The third-order valence-corrected chi connectivity index (χ3v) is 2.92. The molecule has 16 heavy (non-hydrogen) atoms. The van der Waals surface area contributed by atoms with Crippen LogP contribution in [0.15, 0.2) is 24.0 Å². The minimum absolute atomic E-state index is 0.463. The molecule has 1 rings (SSSR count). The SMILES string of the molecule is CCCNC(C)/C(C)=C/c1ccn(CC)c1. The molecule has 0 aliphatic rings. The summed E-state index contributed by atoms with van der Waals surface area (Å²) in [5, 5.41) is 3.50. The van der Waals surface area contributed by atoms with Crippen molar-refractivity contribution in [2.24, 2.45) is 0 Å². The molecule has 0 aliphatic heterocycles. The highest BCUT2D eigenvalue weighted by atomic mass is 14.9. The first-order valence-electron chi connectivity index (χ1n) is 6.24. The van der Waals surface area contributed by atoms with Crippen LogP contribution < -0.4 is 5.32 Å². The zero-order chi connectivity index (χ0) is 12.0. The normalized spacial score (nSPS) is 14.1. The van der Waals surface area contributed by atoms with E-state index in [2.05, 4.69) is 62.1 Å². The summed E-state index contributed by atoms with van der Waals surface area (Å²) in [4.78, 5) is 0. The molecule has 1 unspecified atom stereocenters. The van der Waals surface area contributed by atoms with Gasteiger partial charge >= 0.3 is 0 Å². The molecule has 1 aromatic heterocycles. The van der Waals surface area contributed by atoms with Gasteiger partial charge < -0.3 is 9.88 Å². The molecule has 2 nitrogen and oxygen atoms in total. The molecule has 90 valence electrons. The lowest BCUT2D eigenvalue weighted by Gasteiger charge is -2.13. The Balaban J connectivity index is 2.60. The second-order valence-electron chi connectivity index (χ2n) is 4.34. The van der Waals surface area contributed by atoms with Crippen LogP contribution in [-0.2, 0) is 6.54 Å². The van der Waals surface area contributed by atoms with E-state index in [4.69, 9.17) is 0 Å². The van der Waals surface area contributed by atoms with E-state index in [1.807, 2.05) is 0 Å². The van der Waals surface area contributed by atoms with Crippen LogP contribution in [-0.4, -0.2) is 17.2 Å². The van der Waals surface area contributed by atoms with Crippen LogP contribution >= 0.6 is 0 Å². The number of hydrogen-bond donors (Lipinski definition) is 1. The van der Waals surface area contributed by atoms with Crippen LogP contribution in [0.5, 0.6) is 0 Å². The smallest absolute Gasteiger partial charge is 0.0251 e. The van der Waals surface area contributed by atoms with Crippen molar-refractivity contribution in [1.29, 1.82) is 0 Å². The van der Waals surface area contributed by atoms with Gasteiger partial charge in [-0.1, -0.05) is 18.6 Å². The zero-order valence-electron chi connectivity index (χ0n) is 11.0. The Kier molecular flexibility index (Phi) is 5.33. The van der Waals surface area contributed by atoms with Gasteiger partial charge in [0.15, 0.2) is 0 Å². The van der Waals surface area contributed by atoms with Crippen LogP contribution in [0, 0.1) is 0 Å². The summed E-state index contributed by atoms with van der Waals surface area (Å²) >= 11 is 0. The average Bonchev–Trinajstić information content (AvgIpc) is 2.73. The third-order valence-electron chi connectivity index (χ3n) is 2.92. The molecular formula is C14H24N2. The van der Waals surface area contributed by atoms with Crippen LogP contribution in [0.3, 0.4) is 0 Å². The Morgan fingerprint density at radius 3 is 2.81 bits per heavy atom. The van der Waals surface area contributed by atoms with Crippen molar-refractivity contribution in [3.8, 4) is 0 Å². The van der Waals surface area contributed by atoms with Gasteiger partial charge in [-0.05, 0) is 45.4 Å². The first kappa shape index (κ1) is 13.0. The molecule has 0 spiro atoms. The Morgan fingerprint density at radius 2 is 2.25 bits per heavy atom. The second kappa shape index (κ2) is 6.54. The van der Waals surface area contributed by atoms with Gasteiger partial charge in [0.05, 0.1) is 0 Å². The average molecular weight is 220 g/mol. The Bertz CT molecular complexity index is 336. The van der Waals surface area contributed by atoms with Crippen molar-refractivity contribution < 1.29 is 0 Å². The molecule has 1 aromatic rings. The lowest BCUT2D eigenvalue weighted by molar-refractivity contribution is 0.604. The maximum atomic E-state index is 3.50. The van der Waals surface area contributed by atoms with Gasteiger partial charge in [-0.2, -0.15) is 0 Å². The predicted octanol–water partition coefficient (Wildman–Crippen LogP) is 3.30. The monoisotopic (exact) mass is 220 g/mol. The summed E-state index contributed by atoms with van der Waals surface area (Å²) < 4.78 is 2.20. The van der Waals surface area contributed by atoms with E-state index in [9.17, 15) is 0 Å². The fourth-order valence-electron chi connectivity index (χ4n) is 1.65. The van der Waals surface area contributed by atoms with Crippen LogP contribution in [0.25, 0.3) is 6.08 Å². The Labute approximate surface area is 99.4 Å². The molecule has 0 aromatic carbocycles. The van der Waals surface area contributed by atoms with Crippen LogP contribution in [0.1, 0.15) is 39.7 Å². The Hall–Kier alpha value is -1.02. The lowest BCUT2D eigenvalue weighted by atomic mass is 10.1. The number of hydrogen-bond acceptors (Lipinski definition) is 1. The fourth-order valence-corrected chi connectivity index (χ4v) is 1.65. The van der Waals surface area contributed by atoms with Crippen LogP contribution in [0.4, 0.5) is 0 Å². The van der Waals surface area contributed by atoms with Gasteiger partial charge in [0, 0.05) is 25.0 Å². The van der Waals surface area contributed by atoms with E-state index in [-0.39, 0.29) is 0 Å². The summed E-state index contributed by atoms with van der Waals surface area (Å²) in [6, 6.07) is 2.63. The van der Waals surface area contributed by atoms with Crippen molar-refractivity contribution >= 4 is 6.08 Å². The number of nitrogens with zero attached hydrogens (tertiary/aromatic N) is 1. The molecule has 1 N–H and O–H groups in total. The largest absolute Gasteiger partial charge is 0.354 e. The highest BCUT2D eigenvalue weighted by Gasteiger charge is 2.02. The maximum absolute atomic E-state index is 3.50. The summed E-state index contributed by atoms with van der Waals surface area (Å²) in [5.74, 6) is 0. The molecular weight excluding hydrogens is 196 g/mol. The number of aryl methyl sites for hydroxylation is 1. The topological polar surface area (TPSA) is 17.0 Å². The quantitative estimate of drug-likeness (QED) is 0.778. The zero-order valence-corrected chi connectivity index (χ0v) is 11.0. The summed E-state index contributed by atoms with van der Waals surface area (Å²) in [5.41, 5.74) is 2.69. The Morgan fingerprint density at radius 1 is 1.50 bits per heavy atom. The maximum Gasteiger partial charge on any atom is 0.0251 e. The number of nitrogens with one attached hydrogen (secondary N) is 1. The molecule has 0 saturated heterocycles. The minimum Gasteiger partial charge on any atom is -0.354 e. The van der Waals surface area contributed by atoms with E-state index in [0.717, 1.165) is 13.1 Å². The molecule has 0 radical (unpaired) electrons. The molecule has 0 aliphatic carbocycles. The summed E-state index contributed by atoms with van der Waals surface area (Å²) in [6.45, 7) is 10.9. The van der Waals surface area contributed by atoms with Gasteiger partial charge in [-0.25, -0.2) is 0 Å². The van der Waals surface area contributed by atoms with E-state index >= 15 is 0 Å². The van der Waals surface area contributed by atoms with Crippen molar-refractivity contribution in [2.45, 2.75) is 46.7 Å². The van der Waals surface area contributed by atoms with Crippen molar-refractivity contribution in [3.05, 3.63) is 29.6 Å².